The van der Waals surface area contributed by atoms with Gasteiger partial charge >= 0.3 is 0 Å². The SMILES string of the molecule is CC(C)(C)c1cn2nc(N3CCC(NC(=O)C4CCCCC4)CC3)sc2n1. The van der Waals surface area contributed by atoms with Crippen LogP contribution in [0.1, 0.15) is 71.4 Å². The zero-order valence-electron chi connectivity index (χ0n) is 16.7. The molecule has 6 nitrogen and oxygen atoms in total. The number of carbonyl (C=O) groups excluding carboxylic acids is 1. The lowest BCUT2D eigenvalue weighted by molar-refractivity contribution is -0.126. The Balaban J connectivity index is 1.33. The van der Waals surface area contributed by atoms with Gasteiger partial charge in [-0.1, -0.05) is 51.4 Å². The molecule has 0 unspecified atom stereocenters. The number of imidazole rings is 1. The predicted octanol–water partition coefficient (Wildman–Crippen LogP) is 3.75. The largest absolute Gasteiger partial charge is 0.353 e. The summed E-state index contributed by atoms with van der Waals surface area (Å²) < 4.78 is 1.91. The number of aromatic nitrogens is 3. The van der Waals surface area contributed by atoms with Gasteiger partial charge in [-0.3, -0.25) is 4.79 Å². The van der Waals surface area contributed by atoms with Gasteiger partial charge in [0, 0.05) is 30.5 Å². The zero-order valence-corrected chi connectivity index (χ0v) is 17.5. The van der Waals surface area contributed by atoms with Gasteiger partial charge in [-0.25, -0.2) is 9.50 Å². The van der Waals surface area contributed by atoms with E-state index >= 15 is 0 Å². The van der Waals surface area contributed by atoms with Gasteiger partial charge in [-0.2, -0.15) is 0 Å². The maximum atomic E-state index is 12.5. The number of hydrogen-bond donors (Lipinski definition) is 1. The van der Waals surface area contributed by atoms with E-state index in [-0.39, 0.29) is 17.2 Å². The van der Waals surface area contributed by atoms with Crippen LogP contribution in [0.2, 0.25) is 0 Å². The fraction of sp³-hybridized carbons (Fsp3) is 0.750. The summed E-state index contributed by atoms with van der Waals surface area (Å²) in [6, 6.07) is 0.312. The quantitative estimate of drug-likeness (QED) is 0.868. The van der Waals surface area contributed by atoms with E-state index in [2.05, 4.69) is 31.0 Å². The van der Waals surface area contributed by atoms with Gasteiger partial charge in [0.1, 0.15) is 0 Å². The first-order chi connectivity index (χ1) is 12.9. The van der Waals surface area contributed by atoms with Crippen molar-refractivity contribution in [3.8, 4) is 0 Å². The first kappa shape index (κ1) is 18.7. The Labute approximate surface area is 165 Å². The Morgan fingerprint density at radius 2 is 1.85 bits per heavy atom. The van der Waals surface area contributed by atoms with Crippen LogP contribution in [0.3, 0.4) is 0 Å². The smallest absolute Gasteiger partial charge is 0.223 e. The molecule has 2 fully saturated rings. The molecule has 4 rings (SSSR count). The highest BCUT2D eigenvalue weighted by Crippen LogP contribution is 2.29. The number of carbonyl (C=O) groups is 1. The van der Waals surface area contributed by atoms with E-state index < -0.39 is 0 Å². The first-order valence-electron chi connectivity index (χ1n) is 10.3. The lowest BCUT2D eigenvalue weighted by Crippen LogP contribution is -2.46. The molecule has 7 heteroatoms. The number of piperidine rings is 1. The summed E-state index contributed by atoms with van der Waals surface area (Å²) in [6.45, 7) is 8.41. The first-order valence-corrected chi connectivity index (χ1v) is 11.1. The van der Waals surface area contributed by atoms with Crippen LogP contribution in [-0.2, 0) is 10.2 Å². The molecule has 0 spiro atoms. The maximum Gasteiger partial charge on any atom is 0.223 e. The summed E-state index contributed by atoms with van der Waals surface area (Å²) in [6.07, 6.45) is 9.88. The molecule has 0 radical (unpaired) electrons. The Bertz CT molecular complexity index is 759. The van der Waals surface area contributed by atoms with Crippen LogP contribution in [0.15, 0.2) is 6.20 Å². The average molecular weight is 390 g/mol. The Morgan fingerprint density at radius 1 is 1.15 bits per heavy atom. The maximum absolute atomic E-state index is 12.5. The monoisotopic (exact) mass is 389 g/mol. The van der Waals surface area contributed by atoms with Crippen LogP contribution in [0.25, 0.3) is 4.96 Å². The standard InChI is InChI=1S/C20H31N5OS/c1-20(2,3)16-13-25-18(22-16)27-19(23-25)24-11-9-15(10-12-24)21-17(26)14-7-5-4-6-8-14/h13-15H,4-12H2,1-3H3,(H,21,26). The lowest BCUT2D eigenvalue weighted by Gasteiger charge is -2.33. The van der Waals surface area contributed by atoms with Crippen LogP contribution in [0.4, 0.5) is 5.13 Å². The molecule has 2 aliphatic rings. The molecule has 0 bridgehead atoms. The summed E-state index contributed by atoms with van der Waals surface area (Å²) in [5, 5.41) is 9.08. The molecule has 3 heterocycles. The van der Waals surface area contributed by atoms with Crippen molar-refractivity contribution in [1.82, 2.24) is 19.9 Å². The minimum Gasteiger partial charge on any atom is -0.353 e. The summed E-state index contributed by atoms with van der Waals surface area (Å²) in [4.78, 5) is 20.5. The molecule has 1 amide bonds. The molecule has 1 N–H and O–H groups in total. The van der Waals surface area contributed by atoms with E-state index in [1.807, 2.05) is 10.7 Å². The third-order valence-corrected chi connectivity index (χ3v) is 6.87. The number of hydrogen-bond acceptors (Lipinski definition) is 5. The summed E-state index contributed by atoms with van der Waals surface area (Å²) in [5.74, 6) is 0.538. The predicted molar refractivity (Wildman–Crippen MR) is 110 cm³/mol. The van der Waals surface area contributed by atoms with E-state index in [1.54, 1.807) is 11.3 Å². The third kappa shape index (κ3) is 4.13. The molecule has 27 heavy (non-hydrogen) atoms. The number of rotatable bonds is 3. The Hall–Kier alpha value is -1.63. The highest BCUT2D eigenvalue weighted by molar-refractivity contribution is 7.20. The van der Waals surface area contributed by atoms with Crippen LogP contribution in [-0.4, -0.2) is 39.6 Å². The molecule has 2 aromatic heterocycles. The number of fused-ring (bicyclic) bond motifs is 1. The minimum absolute atomic E-state index is 0.0441. The van der Waals surface area contributed by atoms with E-state index in [4.69, 9.17) is 10.1 Å². The van der Waals surface area contributed by atoms with Gasteiger partial charge < -0.3 is 10.2 Å². The van der Waals surface area contributed by atoms with Gasteiger partial charge in [0.05, 0.1) is 11.9 Å². The van der Waals surface area contributed by atoms with Crippen LogP contribution in [0, 0.1) is 5.92 Å². The second kappa shape index (κ2) is 7.41. The van der Waals surface area contributed by atoms with E-state index in [1.165, 1.54) is 19.3 Å². The molecular formula is C20H31N5OS. The van der Waals surface area contributed by atoms with Gasteiger partial charge in [0.15, 0.2) is 0 Å². The van der Waals surface area contributed by atoms with Crippen molar-refractivity contribution in [3.05, 3.63) is 11.9 Å². The number of anilines is 1. The van der Waals surface area contributed by atoms with Crippen LogP contribution in [0.5, 0.6) is 0 Å². The molecule has 1 aliphatic heterocycles. The molecule has 1 aliphatic carbocycles. The molecule has 148 valence electrons. The molecular weight excluding hydrogens is 358 g/mol. The van der Waals surface area contributed by atoms with E-state index in [0.29, 0.717) is 6.04 Å². The van der Waals surface area contributed by atoms with Gasteiger partial charge in [-0.05, 0) is 25.7 Å². The fourth-order valence-corrected chi connectivity index (χ4v) is 5.01. The number of amides is 1. The van der Waals surface area contributed by atoms with Gasteiger partial charge in [0.25, 0.3) is 0 Å². The van der Waals surface area contributed by atoms with Crippen LogP contribution >= 0.6 is 11.3 Å². The molecule has 1 saturated heterocycles. The molecule has 0 atom stereocenters. The lowest BCUT2D eigenvalue weighted by atomic mass is 9.88. The fourth-order valence-electron chi connectivity index (χ4n) is 4.08. The second-order valence-corrected chi connectivity index (χ2v) is 10.0. The average Bonchev–Trinajstić information content (AvgIpc) is 3.22. The number of nitrogens with one attached hydrogen (secondary N) is 1. The molecule has 1 saturated carbocycles. The highest BCUT2D eigenvalue weighted by Gasteiger charge is 2.27. The van der Waals surface area contributed by atoms with Crippen molar-refractivity contribution in [2.24, 2.45) is 5.92 Å². The highest BCUT2D eigenvalue weighted by atomic mass is 32.1. The van der Waals surface area contributed by atoms with Crippen molar-refractivity contribution in [2.45, 2.75) is 77.2 Å². The van der Waals surface area contributed by atoms with Crippen molar-refractivity contribution >= 4 is 27.3 Å². The Morgan fingerprint density at radius 3 is 2.48 bits per heavy atom. The van der Waals surface area contributed by atoms with Crippen molar-refractivity contribution < 1.29 is 4.79 Å². The number of nitrogens with zero attached hydrogens (tertiary/aromatic N) is 4. The third-order valence-electron chi connectivity index (χ3n) is 5.89. The van der Waals surface area contributed by atoms with E-state index in [9.17, 15) is 4.79 Å². The topological polar surface area (TPSA) is 62.5 Å². The molecule has 0 aromatic carbocycles. The Kier molecular flexibility index (Phi) is 5.14. The van der Waals surface area contributed by atoms with E-state index in [0.717, 1.165) is 54.6 Å². The summed E-state index contributed by atoms with van der Waals surface area (Å²) in [7, 11) is 0. The van der Waals surface area contributed by atoms with Gasteiger partial charge in [-0.15, -0.1) is 5.10 Å². The van der Waals surface area contributed by atoms with Crippen molar-refractivity contribution in [3.63, 3.8) is 0 Å². The van der Waals surface area contributed by atoms with Gasteiger partial charge in [0.2, 0.25) is 16.0 Å². The summed E-state index contributed by atoms with van der Waals surface area (Å²) >= 11 is 1.66. The normalized spacial score (nSPS) is 20.3. The minimum atomic E-state index is 0.0441. The summed E-state index contributed by atoms with van der Waals surface area (Å²) in [5.41, 5.74) is 1.12. The van der Waals surface area contributed by atoms with Crippen molar-refractivity contribution in [2.75, 3.05) is 18.0 Å². The van der Waals surface area contributed by atoms with Crippen molar-refractivity contribution in [1.29, 1.82) is 0 Å². The molecule has 2 aromatic rings. The zero-order chi connectivity index (χ0) is 19.0. The van der Waals surface area contributed by atoms with Crippen LogP contribution < -0.4 is 10.2 Å². The second-order valence-electron chi connectivity index (χ2n) is 9.09.